The minimum atomic E-state index is 0.0157. The lowest BCUT2D eigenvalue weighted by Gasteiger charge is -2.12. The smallest absolute Gasteiger partial charge is 0.263 e. The van der Waals surface area contributed by atoms with Crippen molar-refractivity contribution in [2.45, 2.75) is 59.2 Å². The van der Waals surface area contributed by atoms with Crippen LogP contribution in [0.5, 0.6) is 0 Å². The maximum Gasteiger partial charge on any atom is 0.263 e. The number of benzene rings is 1. The summed E-state index contributed by atoms with van der Waals surface area (Å²) in [5.74, 6) is 0.346. The van der Waals surface area contributed by atoms with Gasteiger partial charge in [-0.1, -0.05) is 42.8 Å². The van der Waals surface area contributed by atoms with Crippen LogP contribution in [-0.2, 0) is 6.54 Å². The first-order valence-corrected chi connectivity index (χ1v) is 11.4. The Balaban J connectivity index is 1.96. The van der Waals surface area contributed by atoms with Gasteiger partial charge in [-0.15, -0.1) is 11.3 Å². The number of thiophene rings is 1. The lowest BCUT2D eigenvalue weighted by atomic mass is 10.0. The van der Waals surface area contributed by atoms with Crippen LogP contribution in [0.15, 0.2) is 28.2 Å². The van der Waals surface area contributed by atoms with E-state index >= 15 is 0 Å². The molecule has 2 heterocycles. The number of carbonyl (C=O) groups is 1. The van der Waals surface area contributed by atoms with Crippen molar-refractivity contribution in [3.8, 4) is 0 Å². The Bertz CT molecular complexity index is 1100. The number of hydrogen-bond donors (Lipinski definition) is 0. The fourth-order valence-corrected chi connectivity index (χ4v) is 5.16. The molecule has 148 valence electrons. The molecule has 2 aromatic heterocycles. The molecule has 0 amide bonds. The van der Waals surface area contributed by atoms with E-state index in [1.54, 1.807) is 15.9 Å². The summed E-state index contributed by atoms with van der Waals surface area (Å²) in [7, 11) is 0. The molecule has 1 aromatic carbocycles. The fourth-order valence-electron chi connectivity index (χ4n) is 3.18. The number of ketones is 1. The molecule has 0 N–H and O–H groups in total. The van der Waals surface area contributed by atoms with Crippen LogP contribution in [0.4, 0.5) is 0 Å². The highest BCUT2D eigenvalue weighted by atomic mass is 32.2. The summed E-state index contributed by atoms with van der Waals surface area (Å²) in [5, 5.41) is 1.37. The number of rotatable bonds is 7. The molecule has 0 aliphatic heterocycles. The van der Waals surface area contributed by atoms with Gasteiger partial charge in [0.05, 0.1) is 11.1 Å². The molecule has 0 aliphatic rings. The Hall–Kier alpha value is -1.92. The summed E-state index contributed by atoms with van der Waals surface area (Å²) in [6.45, 7) is 10.7. The van der Waals surface area contributed by atoms with Gasteiger partial charge in [0.15, 0.2) is 10.9 Å². The molecule has 0 spiro atoms. The van der Waals surface area contributed by atoms with Crippen molar-refractivity contribution in [2.24, 2.45) is 0 Å². The van der Waals surface area contributed by atoms with Crippen LogP contribution < -0.4 is 5.56 Å². The number of nitrogens with zero attached hydrogens (tertiary/aromatic N) is 2. The maximum absolute atomic E-state index is 13.1. The molecule has 0 unspecified atom stereocenters. The molecule has 4 nitrogen and oxygen atoms in total. The molecule has 0 aliphatic carbocycles. The van der Waals surface area contributed by atoms with Gasteiger partial charge in [0.25, 0.3) is 5.56 Å². The molecule has 28 heavy (non-hydrogen) atoms. The number of carbonyl (C=O) groups excluding carboxylic acids is 1. The lowest BCUT2D eigenvalue weighted by molar-refractivity contribution is 0.102. The van der Waals surface area contributed by atoms with E-state index in [2.05, 4.69) is 6.92 Å². The minimum absolute atomic E-state index is 0.0157. The minimum Gasteiger partial charge on any atom is -0.293 e. The zero-order chi connectivity index (χ0) is 20.4. The molecule has 0 saturated heterocycles. The Morgan fingerprint density at radius 2 is 1.96 bits per heavy atom. The number of unbranched alkanes of at least 4 members (excludes halogenated alkanes) is 1. The SMILES string of the molecule is CCCCn1c(SCC(=O)c2cc(C)ccc2C)nc2sc(C)c(C)c2c1=O. The summed E-state index contributed by atoms with van der Waals surface area (Å²) >= 11 is 2.92. The summed E-state index contributed by atoms with van der Waals surface area (Å²) in [6.07, 6.45) is 1.91. The van der Waals surface area contributed by atoms with Gasteiger partial charge in [-0.05, 0) is 51.3 Å². The Morgan fingerprint density at radius 1 is 1.21 bits per heavy atom. The second-order valence-electron chi connectivity index (χ2n) is 7.20. The van der Waals surface area contributed by atoms with E-state index in [0.717, 1.165) is 50.2 Å². The first kappa shape index (κ1) is 20.8. The molecule has 0 atom stereocenters. The van der Waals surface area contributed by atoms with Gasteiger partial charge in [0.2, 0.25) is 0 Å². The number of thioether (sulfide) groups is 1. The van der Waals surface area contributed by atoms with Crippen LogP contribution in [0.2, 0.25) is 0 Å². The van der Waals surface area contributed by atoms with Gasteiger partial charge in [-0.25, -0.2) is 4.98 Å². The highest BCUT2D eigenvalue weighted by Crippen LogP contribution is 2.29. The van der Waals surface area contributed by atoms with Crippen LogP contribution in [0.3, 0.4) is 0 Å². The number of hydrogen-bond acceptors (Lipinski definition) is 5. The van der Waals surface area contributed by atoms with Gasteiger partial charge < -0.3 is 0 Å². The van der Waals surface area contributed by atoms with Gasteiger partial charge in [-0.2, -0.15) is 0 Å². The molecule has 6 heteroatoms. The highest BCUT2D eigenvalue weighted by molar-refractivity contribution is 7.99. The standard InChI is InChI=1S/C22H26N2O2S2/c1-6-7-10-24-21(26)19-15(4)16(5)28-20(19)23-22(24)27-12-18(25)17-11-13(2)8-9-14(17)3/h8-9,11H,6-7,10,12H2,1-5H3. The monoisotopic (exact) mass is 414 g/mol. The first-order valence-electron chi connectivity index (χ1n) is 9.57. The van der Waals surface area contributed by atoms with E-state index in [1.807, 2.05) is 45.9 Å². The van der Waals surface area contributed by atoms with Gasteiger partial charge in [0.1, 0.15) is 4.83 Å². The molecular weight excluding hydrogens is 388 g/mol. The quantitative estimate of drug-likeness (QED) is 0.292. The molecule has 0 bridgehead atoms. The molecule has 0 radical (unpaired) electrons. The average molecular weight is 415 g/mol. The summed E-state index contributed by atoms with van der Waals surface area (Å²) in [4.78, 5) is 32.6. The van der Waals surface area contributed by atoms with Crippen molar-refractivity contribution >= 4 is 39.1 Å². The normalized spacial score (nSPS) is 11.3. The van der Waals surface area contributed by atoms with Crippen LogP contribution in [0, 0.1) is 27.7 Å². The maximum atomic E-state index is 13.1. The second kappa shape index (κ2) is 8.62. The van der Waals surface area contributed by atoms with Crippen molar-refractivity contribution in [2.75, 3.05) is 5.75 Å². The molecule has 0 saturated carbocycles. The van der Waals surface area contributed by atoms with Crippen LogP contribution in [0.25, 0.3) is 10.2 Å². The zero-order valence-corrected chi connectivity index (χ0v) is 18.7. The van der Waals surface area contributed by atoms with Crippen molar-refractivity contribution in [1.82, 2.24) is 9.55 Å². The van der Waals surface area contributed by atoms with Crippen molar-refractivity contribution in [3.05, 3.63) is 55.7 Å². The van der Waals surface area contributed by atoms with Gasteiger partial charge >= 0.3 is 0 Å². The molecule has 3 aromatic rings. The molecular formula is C22H26N2O2S2. The first-order chi connectivity index (χ1) is 13.3. The number of fused-ring (bicyclic) bond motifs is 1. The molecule has 0 fully saturated rings. The van der Waals surface area contributed by atoms with Crippen molar-refractivity contribution < 1.29 is 4.79 Å². The van der Waals surface area contributed by atoms with Gasteiger partial charge in [-0.3, -0.25) is 14.2 Å². The third kappa shape index (κ3) is 4.08. The largest absolute Gasteiger partial charge is 0.293 e. The average Bonchev–Trinajstić information content (AvgIpc) is 2.95. The van der Waals surface area contributed by atoms with Crippen LogP contribution in [-0.4, -0.2) is 21.1 Å². The number of aromatic nitrogens is 2. The Kier molecular flexibility index (Phi) is 6.40. The van der Waals surface area contributed by atoms with E-state index < -0.39 is 0 Å². The van der Waals surface area contributed by atoms with E-state index in [0.29, 0.717) is 11.7 Å². The third-order valence-electron chi connectivity index (χ3n) is 5.01. The lowest BCUT2D eigenvalue weighted by Crippen LogP contribution is -2.23. The van der Waals surface area contributed by atoms with E-state index in [1.165, 1.54) is 11.8 Å². The molecule has 3 rings (SSSR count). The Morgan fingerprint density at radius 3 is 2.68 bits per heavy atom. The van der Waals surface area contributed by atoms with E-state index in [4.69, 9.17) is 4.98 Å². The number of aryl methyl sites for hydroxylation is 4. The van der Waals surface area contributed by atoms with Gasteiger partial charge in [0, 0.05) is 17.0 Å². The van der Waals surface area contributed by atoms with E-state index in [9.17, 15) is 9.59 Å². The van der Waals surface area contributed by atoms with Crippen LogP contribution in [0.1, 0.15) is 51.7 Å². The zero-order valence-electron chi connectivity index (χ0n) is 17.1. The van der Waals surface area contributed by atoms with E-state index in [-0.39, 0.29) is 17.1 Å². The summed E-state index contributed by atoms with van der Waals surface area (Å²) in [6, 6.07) is 5.93. The summed E-state index contributed by atoms with van der Waals surface area (Å²) in [5.41, 5.74) is 3.84. The topological polar surface area (TPSA) is 52.0 Å². The van der Waals surface area contributed by atoms with Crippen molar-refractivity contribution in [1.29, 1.82) is 0 Å². The Labute approximate surface area is 174 Å². The summed E-state index contributed by atoms with van der Waals surface area (Å²) < 4.78 is 1.76. The predicted octanol–water partition coefficient (Wildman–Crippen LogP) is 5.47. The number of Topliss-reactive ketones (excluding diaryl/α,β-unsaturated/α-hetero) is 1. The highest BCUT2D eigenvalue weighted by Gasteiger charge is 2.18. The fraction of sp³-hybridized carbons (Fsp3) is 0.409. The predicted molar refractivity (Wildman–Crippen MR) is 119 cm³/mol. The van der Waals surface area contributed by atoms with Crippen molar-refractivity contribution in [3.63, 3.8) is 0 Å². The second-order valence-corrected chi connectivity index (χ2v) is 9.34. The van der Waals surface area contributed by atoms with Crippen LogP contribution >= 0.6 is 23.1 Å². The third-order valence-corrected chi connectivity index (χ3v) is 7.09.